The molecule has 17 heavy (non-hydrogen) atoms. The monoisotopic (exact) mass is 269 g/mol. The van der Waals surface area contributed by atoms with Gasteiger partial charge in [-0.05, 0) is 13.8 Å². The first-order chi connectivity index (χ1) is 8.35. The van der Waals surface area contributed by atoms with Crippen LogP contribution in [0.15, 0.2) is 21.5 Å². The highest BCUT2D eigenvalue weighted by Gasteiger charge is 2.09. The van der Waals surface area contributed by atoms with E-state index in [1.54, 1.807) is 22.7 Å². The van der Waals surface area contributed by atoms with E-state index >= 15 is 0 Å². The summed E-state index contributed by atoms with van der Waals surface area (Å²) in [5, 5.41) is 11.4. The minimum absolute atomic E-state index is 0.674. The summed E-state index contributed by atoms with van der Waals surface area (Å²) in [7, 11) is 0. The van der Waals surface area contributed by atoms with E-state index in [1.807, 2.05) is 35.4 Å². The van der Waals surface area contributed by atoms with E-state index in [9.17, 15) is 0 Å². The fourth-order valence-electron chi connectivity index (χ4n) is 1.43. The maximum atomic E-state index is 5.54. The van der Waals surface area contributed by atoms with Gasteiger partial charge in [0.15, 0.2) is 11.5 Å². The van der Waals surface area contributed by atoms with Gasteiger partial charge in [-0.25, -0.2) is 0 Å². The van der Waals surface area contributed by atoms with Gasteiger partial charge in [0.05, 0.1) is 24.6 Å². The lowest BCUT2D eigenvalue weighted by atomic mass is 10.4. The Bertz CT molecular complexity index is 422. The maximum absolute atomic E-state index is 5.54. The van der Waals surface area contributed by atoms with Gasteiger partial charge in [0.1, 0.15) is 0 Å². The molecule has 0 atom stereocenters. The molecule has 3 nitrogen and oxygen atoms in total. The molecule has 0 fully saturated rings. The summed E-state index contributed by atoms with van der Waals surface area (Å²) < 4.78 is 11.1. The molecule has 0 bridgehead atoms. The van der Waals surface area contributed by atoms with Gasteiger partial charge in [-0.3, -0.25) is 0 Å². The third kappa shape index (κ3) is 2.92. The third-order valence-corrected chi connectivity index (χ3v) is 3.57. The van der Waals surface area contributed by atoms with Crippen molar-refractivity contribution in [3.8, 4) is 11.5 Å². The Balaban J connectivity index is 2.13. The molecule has 0 spiro atoms. The molecule has 0 unspecified atom stereocenters. The highest BCUT2D eigenvalue weighted by Crippen LogP contribution is 2.37. The van der Waals surface area contributed by atoms with Gasteiger partial charge < -0.3 is 14.8 Å². The van der Waals surface area contributed by atoms with Crippen LogP contribution in [0.4, 0.5) is 11.4 Å². The largest absolute Gasteiger partial charge is 0.491 e. The van der Waals surface area contributed by atoms with Gasteiger partial charge in [-0.2, -0.15) is 0 Å². The summed E-state index contributed by atoms with van der Waals surface area (Å²) in [6.07, 6.45) is 0. The average Bonchev–Trinajstić information content (AvgIpc) is 2.92. The lowest BCUT2D eigenvalue weighted by Gasteiger charge is -2.09. The first-order valence-electron chi connectivity index (χ1n) is 5.50. The molecule has 2 heterocycles. The van der Waals surface area contributed by atoms with Crippen LogP contribution < -0.4 is 14.8 Å². The van der Waals surface area contributed by atoms with Gasteiger partial charge in [-0.1, -0.05) is 0 Å². The van der Waals surface area contributed by atoms with Crippen LogP contribution in [0.3, 0.4) is 0 Å². The molecule has 0 radical (unpaired) electrons. The van der Waals surface area contributed by atoms with Crippen LogP contribution in [-0.4, -0.2) is 13.2 Å². The quantitative estimate of drug-likeness (QED) is 0.845. The third-order valence-electron chi connectivity index (χ3n) is 2.12. The predicted molar refractivity (Wildman–Crippen MR) is 74.3 cm³/mol. The molecule has 2 aromatic heterocycles. The van der Waals surface area contributed by atoms with Crippen LogP contribution in [0.1, 0.15) is 13.8 Å². The second-order valence-corrected chi connectivity index (χ2v) is 4.78. The number of nitrogens with one attached hydrogen (secondary N) is 1. The molecule has 2 rings (SSSR count). The fraction of sp³-hybridized carbons (Fsp3) is 0.333. The number of anilines is 2. The molecular formula is C12H15NO2S2. The van der Waals surface area contributed by atoms with Crippen molar-refractivity contribution in [2.45, 2.75) is 13.8 Å². The van der Waals surface area contributed by atoms with Crippen molar-refractivity contribution in [3.05, 3.63) is 21.5 Å². The van der Waals surface area contributed by atoms with Crippen molar-refractivity contribution in [1.82, 2.24) is 0 Å². The van der Waals surface area contributed by atoms with Crippen LogP contribution in [0, 0.1) is 0 Å². The first-order valence-corrected chi connectivity index (χ1v) is 7.38. The maximum Gasteiger partial charge on any atom is 0.153 e. The standard InChI is InChI=1S/C12H15NO2S2/c1-3-14-11-7-16-5-9(11)13-10-6-17-8-12(10)15-4-2/h5-8,13H,3-4H2,1-2H3. The van der Waals surface area contributed by atoms with Crippen molar-refractivity contribution in [2.24, 2.45) is 0 Å². The minimum atomic E-state index is 0.674. The first kappa shape index (κ1) is 12.3. The second kappa shape index (κ2) is 5.93. The SMILES string of the molecule is CCOc1cscc1Nc1cscc1OCC. The lowest BCUT2D eigenvalue weighted by molar-refractivity contribution is 0.341. The lowest BCUT2D eigenvalue weighted by Crippen LogP contribution is -1.97. The normalized spacial score (nSPS) is 10.2. The average molecular weight is 269 g/mol. The van der Waals surface area contributed by atoms with Crippen molar-refractivity contribution in [3.63, 3.8) is 0 Å². The summed E-state index contributed by atoms with van der Waals surface area (Å²) in [5.41, 5.74) is 1.99. The van der Waals surface area contributed by atoms with E-state index in [-0.39, 0.29) is 0 Å². The topological polar surface area (TPSA) is 30.5 Å². The number of thiophene rings is 2. The summed E-state index contributed by atoms with van der Waals surface area (Å²) >= 11 is 3.24. The molecule has 0 amide bonds. The van der Waals surface area contributed by atoms with E-state index in [2.05, 4.69) is 5.32 Å². The predicted octanol–water partition coefficient (Wildman–Crippen LogP) is 4.35. The van der Waals surface area contributed by atoms with Crippen LogP contribution in [0.2, 0.25) is 0 Å². The van der Waals surface area contributed by atoms with Crippen molar-refractivity contribution < 1.29 is 9.47 Å². The van der Waals surface area contributed by atoms with Gasteiger partial charge in [0, 0.05) is 21.5 Å². The minimum Gasteiger partial charge on any atom is -0.491 e. The van der Waals surface area contributed by atoms with Crippen LogP contribution >= 0.6 is 22.7 Å². The van der Waals surface area contributed by atoms with Gasteiger partial charge >= 0.3 is 0 Å². The highest BCUT2D eigenvalue weighted by molar-refractivity contribution is 7.09. The smallest absolute Gasteiger partial charge is 0.153 e. The molecule has 0 aliphatic rings. The number of hydrogen-bond donors (Lipinski definition) is 1. The van der Waals surface area contributed by atoms with E-state index in [4.69, 9.17) is 9.47 Å². The van der Waals surface area contributed by atoms with E-state index in [1.165, 1.54) is 0 Å². The van der Waals surface area contributed by atoms with Gasteiger partial charge in [0.25, 0.3) is 0 Å². The number of hydrogen-bond acceptors (Lipinski definition) is 5. The van der Waals surface area contributed by atoms with E-state index in [0.29, 0.717) is 13.2 Å². The molecule has 0 aliphatic heterocycles. The molecule has 0 aromatic carbocycles. The van der Waals surface area contributed by atoms with E-state index < -0.39 is 0 Å². The zero-order valence-corrected chi connectivity index (χ0v) is 11.5. The molecule has 0 saturated heterocycles. The molecule has 92 valence electrons. The Kier molecular flexibility index (Phi) is 4.28. The Hall–Kier alpha value is -1.20. The van der Waals surface area contributed by atoms with Crippen molar-refractivity contribution >= 4 is 34.0 Å². The molecule has 0 aliphatic carbocycles. The van der Waals surface area contributed by atoms with Crippen molar-refractivity contribution in [2.75, 3.05) is 18.5 Å². The molecule has 2 aromatic rings. The number of ether oxygens (including phenoxy) is 2. The molecule has 0 saturated carbocycles. The second-order valence-electron chi connectivity index (χ2n) is 3.29. The Morgan fingerprint density at radius 3 is 1.76 bits per heavy atom. The molecular weight excluding hydrogens is 254 g/mol. The van der Waals surface area contributed by atoms with Gasteiger partial charge in [0.2, 0.25) is 0 Å². The van der Waals surface area contributed by atoms with Gasteiger partial charge in [-0.15, -0.1) is 22.7 Å². The Morgan fingerprint density at radius 1 is 0.882 bits per heavy atom. The van der Waals surface area contributed by atoms with E-state index in [0.717, 1.165) is 22.9 Å². The van der Waals surface area contributed by atoms with Crippen LogP contribution in [0.5, 0.6) is 11.5 Å². The Morgan fingerprint density at radius 2 is 1.35 bits per heavy atom. The highest BCUT2D eigenvalue weighted by atomic mass is 32.1. The summed E-state index contributed by atoms with van der Waals surface area (Å²) in [6, 6.07) is 0. The molecule has 5 heteroatoms. The molecule has 1 N–H and O–H groups in total. The van der Waals surface area contributed by atoms with Crippen molar-refractivity contribution in [1.29, 1.82) is 0 Å². The van der Waals surface area contributed by atoms with Crippen LogP contribution in [-0.2, 0) is 0 Å². The summed E-state index contributed by atoms with van der Waals surface area (Å²) in [4.78, 5) is 0. The number of rotatable bonds is 6. The van der Waals surface area contributed by atoms with Crippen LogP contribution in [0.25, 0.3) is 0 Å². The zero-order chi connectivity index (χ0) is 12.1. The summed E-state index contributed by atoms with van der Waals surface area (Å²) in [5.74, 6) is 1.79. The summed E-state index contributed by atoms with van der Waals surface area (Å²) in [6.45, 7) is 5.32. The fourth-order valence-corrected chi connectivity index (χ4v) is 2.83. The zero-order valence-electron chi connectivity index (χ0n) is 9.86. The Labute approximate surface area is 109 Å².